The fourth-order valence-electron chi connectivity index (χ4n) is 3.60. The molecule has 3 heterocycles. The Morgan fingerprint density at radius 1 is 1.16 bits per heavy atom. The number of ether oxygens (including phenoxy) is 1. The second-order valence-electron chi connectivity index (χ2n) is 8.08. The van der Waals surface area contributed by atoms with Crippen molar-refractivity contribution in [2.45, 2.75) is 39.3 Å². The summed E-state index contributed by atoms with van der Waals surface area (Å²) in [5, 5.41) is 6.06. The Kier molecular flexibility index (Phi) is 6.67. The smallest absolute Gasteiger partial charge is 0.263 e. The summed E-state index contributed by atoms with van der Waals surface area (Å²) in [6.45, 7) is 9.54. The van der Waals surface area contributed by atoms with Crippen molar-refractivity contribution in [3.8, 4) is 16.5 Å². The SMILES string of the molecule is CC(Oc1cccc(C(C)C)c1)C(=O)N1CCN(Cc2nc(-c3cccs3)no2)CC1. The topological polar surface area (TPSA) is 71.7 Å². The van der Waals surface area contributed by atoms with Crippen molar-refractivity contribution in [3.05, 3.63) is 53.2 Å². The molecule has 2 aromatic heterocycles. The van der Waals surface area contributed by atoms with Crippen molar-refractivity contribution >= 4 is 17.2 Å². The van der Waals surface area contributed by atoms with Gasteiger partial charge in [-0.3, -0.25) is 9.69 Å². The summed E-state index contributed by atoms with van der Waals surface area (Å²) >= 11 is 1.59. The van der Waals surface area contributed by atoms with Gasteiger partial charge in [-0.2, -0.15) is 4.98 Å². The van der Waals surface area contributed by atoms with Gasteiger partial charge in [0, 0.05) is 26.2 Å². The van der Waals surface area contributed by atoms with Gasteiger partial charge in [0.05, 0.1) is 11.4 Å². The first-order chi connectivity index (χ1) is 15.0. The molecule has 0 saturated carbocycles. The summed E-state index contributed by atoms with van der Waals surface area (Å²) < 4.78 is 11.3. The Bertz CT molecular complexity index is 994. The van der Waals surface area contributed by atoms with Gasteiger partial charge < -0.3 is 14.2 Å². The maximum atomic E-state index is 12.9. The minimum atomic E-state index is -0.516. The van der Waals surface area contributed by atoms with Gasteiger partial charge in [0.2, 0.25) is 11.7 Å². The molecule has 0 bridgehead atoms. The number of rotatable bonds is 7. The molecule has 1 aromatic carbocycles. The summed E-state index contributed by atoms with van der Waals surface area (Å²) in [4.78, 5) is 22.5. The van der Waals surface area contributed by atoms with Crippen LogP contribution >= 0.6 is 11.3 Å². The third-order valence-electron chi connectivity index (χ3n) is 5.44. The first-order valence-electron chi connectivity index (χ1n) is 10.6. The minimum absolute atomic E-state index is 0.0207. The van der Waals surface area contributed by atoms with Crippen LogP contribution in [0.2, 0.25) is 0 Å². The van der Waals surface area contributed by atoms with Crippen molar-refractivity contribution in [1.29, 1.82) is 0 Å². The van der Waals surface area contributed by atoms with E-state index < -0.39 is 6.10 Å². The zero-order chi connectivity index (χ0) is 21.8. The molecule has 4 rings (SSSR count). The van der Waals surface area contributed by atoms with Gasteiger partial charge in [0.15, 0.2) is 6.10 Å². The normalized spacial score (nSPS) is 15.9. The molecule has 1 aliphatic rings. The number of carbonyl (C=O) groups is 1. The van der Waals surface area contributed by atoms with Gasteiger partial charge in [0.25, 0.3) is 5.91 Å². The van der Waals surface area contributed by atoms with Crippen molar-refractivity contribution in [2.24, 2.45) is 0 Å². The van der Waals surface area contributed by atoms with Gasteiger partial charge in [-0.1, -0.05) is 37.2 Å². The zero-order valence-electron chi connectivity index (χ0n) is 18.2. The molecule has 1 fully saturated rings. The van der Waals surface area contributed by atoms with Gasteiger partial charge >= 0.3 is 0 Å². The molecular formula is C23H28N4O3S. The predicted molar refractivity (Wildman–Crippen MR) is 120 cm³/mol. The fraction of sp³-hybridized carbons (Fsp3) is 0.435. The lowest BCUT2D eigenvalue weighted by Crippen LogP contribution is -2.51. The lowest BCUT2D eigenvalue weighted by atomic mass is 10.0. The van der Waals surface area contributed by atoms with Crippen molar-refractivity contribution in [2.75, 3.05) is 26.2 Å². The number of piperazine rings is 1. The Hall–Kier alpha value is -2.71. The van der Waals surface area contributed by atoms with E-state index in [4.69, 9.17) is 9.26 Å². The highest BCUT2D eigenvalue weighted by Gasteiger charge is 2.27. The summed E-state index contributed by atoms with van der Waals surface area (Å²) in [5.41, 5.74) is 1.20. The highest BCUT2D eigenvalue weighted by atomic mass is 32.1. The highest BCUT2D eigenvalue weighted by Crippen LogP contribution is 2.23. The van der Waals surface area contributed by atoms with E-state index in [-0.39, 0.29) is 5.91 Å². The second kappa shape index (κ2) is 9.62. The molecule has 1 saturated heterocycles. The molecule has 1 atom stereocenters. The van der Waals surface area contributed by atoms with Gasteiger partial charge in [0.1, 0.15) is 5.75 Å². The Morgan fingerprint density at radius 3 is 2.68 bits per heavy atom. The van der Waals surface area contributed by atoms with Crippen LogP contribution in [0.1, 0.15) is 38.1 Å². The molecule has 1 aliphatic heterocycles. The summed E-state index contributed by atoms with van der Waals surface area (Å²) in [6.07, 6.45) is -0.516. The number of thiophene rings is 1. The van der Waals surface area contributed by atoms with Crippen molar-refractivity contribution < 1.29 is 14.1 Å². The summed E-state index contributed by atoms with van der Waals surface area (Å²) in [7, 11) is 0. The molecule has 1 amide bonds. The molecule has 8 heteroatoms. The number of amides is 1. The number of aromatic nitrogens is 2. The molecular weight excluding hydrogens is 412 g/mol. The van der Waals surface area contributed by atoms with E-state index in [1.807, 2.05) is 47.5 Å². The summed E-state index contributed by atoms with van der Waals surface area (Å²) in [5.74, 6) is 2.41. The summed E-state index contributed by atoms with van der Waals surface area (Å²) in [6, 6.07) is 11.9. The molecule has 1 unspecified atom stereocenters. The Balaban J connectivity index is 1.27. The molecule has 3 aromatic rings. The van der Waals surface area contributed by atoms with Gasteiger partial charge in [-0.25, -0.2) is 0 Å². The highest BCUT2D eigenvalue weighted by molar-refractivity contribution is 7.13. The standard InChI is InChI=1S/C23H28N4O3S/c1-16(2)18-6-4-7-19(14-18)29-17(3)23(28)27-11-9-26(10-12-27)15-21-24-22(25-30-21)20-8-5-13-31-20/h4-8,13-14,16-17H,9-12,15H2,1-3H3. The number of hydrogen-bond donors (Lipinski definition) is 0. The molecule has 7 nitrogen and oxygen atoms in total. The van der Waals surface area contributed by atoms with E-state index in [1.165, 1.54) is 5.56 Å². The molecule has 31 heavy (non-hydrogen) atoms. The first kappa shape index (κ1) is 21.5. The van der Waals surface area contributed by atoms with E-state index in [0.29, 0.717) is 37.3 Å². The van der Waals surface area contributed by atoms with Crippen LogP contribution in [0.3, 0.4) is 0 Å². The largest absolute Gasteiger partial charge is 0.481 e. The van der Waals surface area contributed by atoms with E-state index in [2.05, 4.69) is 35.0 Å². The monoisotopic (exact) mass is 440 g/mol. The second-order valence-corrected chi connectivity index (χ2v) is 9.03. The lowest BCUT2D eigenvalue weighted by Gasteiger charge is -2.35. The lowest BCUT2D eigenvalue weighted by molar-refractivity contribution is -0.139. The Labute approximate surface area is 186 Å². The Morgan fingerprint density at radius 2 is 1.97 bits per heavy atom. The van der Waals surface area contributed by atoms with Gasteiger partial charge in [-0.15, -0.1) is 11.3 Å². The van der Waals surface area contributed by atoms with E-state index >= 15 is 0 Å². The van der Waals surface area contributed by atoms with Crippen LogP contribution in [-0.2, 0) is 11.3 Å². The van der Waals surface area contributed by atoms with Crippen LogP contribution in [0.25, 0.3) is 10.7 Å². The maximum absolute atomic E-state index is 12.9. The fourth-order valence-corrected chi connectivity index (χ4v) is 4.25. The molecule has 0 spiro atoms. The number of benzene rings is 1. The number of carbonyl (C=O) groups excluding carboxylic acids is 1. The van der Waals surface area contributed by atoms with Crippen LogP contribution in [0.15, 0.2) is 46.3 Å². The zero-order valence-corrected chi connectivity index (χ0v) is 19.0. The molecule has 0 radical (unpaired) electrons. The molecule has 0 aliphatic carbocycles. The van der Waals surface area contributed by atoms with Crippen LogP contribution in [0, 0.1) is 0 Å². The van der Waals surface area contributed by atoms with E-state index in [0.717, 1.165) is 23.7 Å². The van der Waals surface area contributed by atoms with Gasteiger partial charge in [-0.05, 0) is 42.0 Å². The van der Waals surface area contributed by atoms with Crippen LogP contribution < -0.4 is 4.74 Å². The minimum Gasteiger partial charge on any atom is -0.481 e. The average molecular weight is 441 g/mol. The predicted octanol–water partition coefficient (Wildman–Crippen LogP) is 4.03. The van der Waals surface area contributed by atoms with Crippen molar-refractivity contribution in [3.63, 3.8) is 0 Å². The van der Waals surface area contributed by atoms with Crippen LogP contribution in [0.5, 0.6) is 5.75 Å². The molecule has 164 valence electrons. The average Bonchev–Trinajstić information content (AvgIpc) is 3.46. The maximum Gasteiger partial charge on any atom is 0.263 e. The first-order valence-corrected chi connectivity index (χ1v) is 11.5. The third kappa shape index (κ3) is 5.32. The number of hydrogen-bond acceptors (Lipinski definition) is 7. The van der Waals surface area contributed by atoms with E-state index in [1.54, 1.807) is 11.3 Å². The van der Waals surface area contributed by atoms with Crippen LogP contribution in [0.4, 0.5) is 0 Å². The van der Waals surface area contributed by atoms with E-state index in [9.17, 15) is 4.79 Å². The van der Waals surface area contributed by atoms with Crippen LogP contribution in [-0.4, -0.2) is 58.1 Å². The number of nitrogens with zero attached hydrogens (tertiary/aromatic N) is 4. The quantitative estimate of drug-likeness (QED) is 0.552. The van der Waals surface area contributed by atoms with Crippen molar-refractivity contribution in [1.82, 2.24) is 19.9 Å². The molecule has 0 N–H and O–H groups in total. The third-order valence-corrected chi connectivity index (χ3v) is 6.30.